The van der Waals surface area contributed by atoms with Gasteiger partial charge in [0.25, 0.3) is 0 Å². The SMILES string of the molecule is COC(=O)c1ccc(NCC(C)N(C)C)nc1C. The maximum Gasteiger partial charge on any atom is 0.339 e. The molecular formula is C13H21N3O2. The molecule has 0 radical (unpaired) electrons. The van der Waals surface area contributed by atoms with E-state index in [0.717, 1.165) is 12.4 Å². The summed E-state index contributed by atoms with van der Waals surface area (Å²) in [6.07, 6.45) is 0. The fraction of sp³-hybridized carbons (Fsp3) is 0.538. The van der Waals surface area contributed by atoms with Gasteiger partial charge >= 0.3 is 5.97 Å². The number of aromatic nitrogens is 1. The highest BCUT2D eigenvalue weighted by Crippen LogP contribution is 2.11. The van der Waals surface area contributed by atoms with E-state index in [1.165, 1.54) is 7.11 Å². The molecule has 100 valence electrons. The lowest BCUT2D eigenvalue weighted by Gasteiger charge is -2.20. The van der Waals surface area contributed by atoms with Gasteiger partial charge in [0.1, 0.15) is 5.82 Å². The summed E-state index contributed by atoms with van der Waals surface area (Å²) >= 11 is 0. The van der Waals surface area contributed by atoms with Gasteiger partial charge in [-0.15, -0.1) is 0 Å². The molecule has 0 saturated heterocycles. The molecule has 0 bridgehead atoms. The number of aryl methyl sites for hydroxylation is 1. The molecule has 0 saturated carbocycles. The average molecular weight is 251 g/mol. The van der Waals surface area contributed by atoms with E-state index in [4.69, 9.17) is 0 Å². The Balaban J connectivity index is 2.70. The van der Waals surface area contributed by atoms with Crippen LogP contribution in [0.1, 0.15) is 23.0 Å². The number of anilines is 1. The second-order valence-corrected chi connectivity index (χ2v) is 4.51. The molecule has 0 amide bonds. The number of nitrogens with zero attached hydrogens (tertiary/aromatic N) is 2. The van der Waals surface area contributed by atoms with Gasteiger partial charge in [-0.25, -0.2) is 9.78 Å². The van der Waals surface area contributed by atoms with Gasteiger partial charge in [-0.05, 0) is 40.1 Å². The van der Waals surface area contributed by atoms with Crippen molar-refractivity contribution in [3.8, 4) is 0 Å². The summed E-state index contributed by atoms with van der Waals surface area (Å²) in [5.41, 5.74) is 1.17. The lowest BCUT2D eigenvalue weighted by molar-refractivity contribution is 0.0599. The first-order valence-electron chi connectivity index (χ1n) is 5.92. The quantitative estimate of drug-likeness (QED) is 0.804. The van der Waals surface area contributed by atoms with Crippen LogP contribution < -0.4 is 5.32 Å². The van der Waals surface area contributed by atoms with Gasteiger partial charge in [-0.1, -0.05) is 0 Å². The summed E-state index contributed by atoms with van der Waals surface area (Å²) in [7, 11) is 5.43. The second kappa shape index (κ2) is 6.35. The van der Waals surface area contributed by atoms with Gasteiger partial charge in [0.15, 0.2) is 0 Å². The number of pyridine rings is 1. The number of carbonyl (C=O) groups excluding carboxylic acids is 1. The van der Waals surface area contributed by atoms with Crippen molar-refractivity contribution in [2.45, 2.75) is 19.9 Å². The number of nitrogens with one attached hydrogen (secondary N) is 1. The summed E-state index contributed by atoms with van der Waals surface area (Å²) in [4.78, 5) is 17.9. The van der Waals surface area contributed by atoms with Crippen LogP contribution in [0.15, 0.2) is 12.1 Å². The van der Waals surface area contributed by atoms with E-state index in [0.29, 0.717) is 17.3 Å². The number of ether oxygens (including phenoxy) is 1. The lowest BCUT2D eigenvalue weighted by Crippen LogP contribution is -2.31. The molecule has 0 aliphatic carbocycles. The zero-order valence-electron chi connectivity index (χ0n) is 11.7. The molecule has 0 spiro atoms. The molecule has 0 aliphatic rings. The first kappa shape index (κ1) is 14.4. The third-order valence-electron chi connectivity index (χ3n) is 2.95. The van der Waals surface area contributed by atoms with Crippen LogP contribution in [0.3, 0.4) is 0 Å². The van der Waals surface area contributed by atoms with Crippen molar-refractivity contribution in [1.29, 1.82) is 0 Å². The Labute approximate surface area is 108 Å². The van der Waals surface area contributed by atoms with Crippen molar-refractivity contribution in [2.75, 3.05) is 33.1 Å². The van der Waals surface area contributed by atoms with Crippen LogP contribution in [-0.2, 0) is 4.74 Å². The van der Waals surface area contributed by atoms with E-state index in [1.807, 2.05) is 14.1 Å². The molecule has 5 nitrogen and oxygen atoms in total. The number of esters is 1. The number of rotatable bonds is 5. The van der Waals surface area contributed by atoms with E-state index in [2.05, 4.69) is 26.9 Å². The Kier molecular flexibility index (Phi) is 5.09. The van der Waals surface area contributed by atoms with Crippen molar-refractivity contribution in [3.63, 3.8) is 0 Å². The fourth-order valence-electron chi connectivity index (χ4n) is 1.42. The molecule has 1 heterocycles. The minimum Gasteiger partial charge on any atom is -0.465 e. The molecule has 18 heavy (non-hydrogen) atoms. The first-order chi connectivity index (χ1) is 8.45. The smallest absolute Gasteiger partial charge is 0.339 e. The van der Waals surface area contributed by atoms with E-state index in [1.54, 1.807) is 19.1 Å². The molecule has 1 atom stereocenters. The van der Waals surface area contributed by atoms with Crippen molar-refractivity contribution in [3.05, 3.63) is 23.4 Å². The lowest BCUT2D eigenvalue weighted by atomic mass is 10.2. The number of hydrogen-bond donors (Lipinski definition) is 1. The predicted octanol–water partition coefficient (Wildman–Crippen LogP) is 1.54. The third-order valence-corrected chi connectivity index (χ3v) is 2.95. The summed E-state index contributed by atoms with van der Waals surface area (Å²) in [6.45, 7) is 4.73. The average Bonchev–Trinajstić information content (AvgIpc) is 2.34. The van der Waals surface area contributed by atoms with Gasteiger partial charge < -0.3 is 15.0 Å². The Morgan fingerprint density at radius 2 is 2.17 bits per heavy atom. The summed E-state index contributed by atoms with van der Waals surface area (Å²) in [5.74, 6) is 0.419. The number of carbonyl (C=O) groups is 1. The van der Waals surface area contributed by atoms with Gasteiger partial charge in [0, 0.05) is 12.6 Å². The molecule has 1 unspecified atom stereocenters. The number of methoxy groups -OCH3 is 1. The second-order valence-electron chi connectivity index (χ2n) is 4.51. The standard InChI is InChI=1S/C13H21N3O2/c1-9(16(3)4)8-14-12-7-6-11(10(2)15-12)13(17)18-5/h6-7,9H,8H2,1-5H3,(H,14,15). The van der Waals surface area contributed by atoms with Crippen molar-refractivity contribution in [2.24, 2.45) is 0 Å². The van der Waals surface area contributed by atoms with Crippen LogP contribution in [0.2, 0.25) is 0 Å². The maximum absolute atomic E-state index is 11.4. The predicted molar refractivity (Wildman–Crippen MR) is 72.0 cm³/mol. The van der Waals surface area contributed by atoms with E-state index in [9.17, 15) is 4.79 Å². The van der Waals surface area contributed by atoms with Crippen LogP contribution in [0.4, 0.5) is 5.82 Å². The highest BCUT2D eigenvalue weighted by Gasteiger charge is 2.11. The maximum atomic E-state index is 11.4. The Bertz CT molecular complexity index is 419. The normalized spacial score (nSPS) is 12.3. The Morgan fingerprint density at radius 3 is 2.67 bits per heavy atom. The third kappa shape index (κ3) is 3.70. The van der Waals surface area contributed by atoms with E-state index < -0.39 is 0 Å². The summed E-state index contributed by atoms with van der Waals surface area (Å²) < 4.78 is 4.68. The van der Waals surface area contributed by atoms with Crippen LogP contribution in [0, 0.1) is 6.92 Å². The van der Waals surface area contributed by atoms with Gasteiger partial charge in [-0.3, -0.25) is 0 Å². The molecule has 1 aromatic rings. The zero-order valence-corrected chi connectivity index (χ0v) is 11.7. The van der Waals surface area contributed by atoms with Gasteiger partial charge in [0.2, 0.25) is 0 Å². The molecule has 0 fully saturated rings. The minimum atomic E-state index is -0.354. The molecule has 1 rings (SSSR count). The molecule has 5 heteroatoms. The van der Waals surface area contributed by atoms with Crippen LogP contribution in [0.5, 0.6) is 0 Å². The van der Waals surface area contributed by atoms with Gasteiger partial charge in [0.05, 0.1) is 18.4 Å². The van der Waals surface area contributed by atoms with Crippen LogP contribution in [0.25, 0.3) is 0 Å². The van der Waals surface area contributed by atoms with Crippen molar-refractivity contribution >= 4 is 11.8 Å². The highest BCUT2D eigenvalue weighted by molar-refractivity contribution is 5.90. The largest absolute Gasteiger partial charge is 0.465 e. The molecule has 1 aromatic heterocycles. The molecule has 0 aliphatic heterocycles. The summed E-state index contributed by atoms with van der Waals surface area (Å²) in [5, 5.41) is 3.25. The number of likely N-dealkylation sites (N-methyl/N-ethyl adjacent to an activating group) is 1. The van der Waals surface area contributed by atoms with Crippen molar-refractivity contribution in [1.82, 2.24) is 9.88 Å². The topological polar surface area (TPSA) is 54.5 Å². The minimum absolute atomic E-state index is 0.354. The zero-order chi connectivity index (χ0) is 13.7. The van der Waals surface area contributed by atoms with Crippen molar-refractivity contribution < 1.29 is 9.53 Å². The Morgan fingerprint density at radius 1 is 1.50 bits per heavy atom. The van der Waals surface area contributed by atoms with Gasteiger partial charge in [-0.2, -0.15) is 0 Å². The fourth-order valence-corrected chi connectivity index (χ4v) is 1.42. The summed E-state index contributed by atoms with van der Waals surface area (Å²) in [6, 6.07) is 3.94. The Hall–Kier alpha value is -1.62. The first-order valence-corrected chi connectivity index (χ1v) is 5.92. The molecule has 0 aromatic carbocycles. The van der Waals surface area contributed by atoms with Crippen LogP contribution >= 0.6 is 0 Å². The van der Waals surface area contributed by atoms with Crippen LogP contribution in [-0.4, -0.2) is 49.6 Å². The number of hydrogen-bond acceptors (Lipinski definition) is 5. The molecular weight excluding hydrogens is 230 g/mol. The molecule has 1 N–H and O–H groups in total. The monoisotopic (exact) mass is 251 g/mol. The van der Waals surface area contributed by atoms with E-state index >= 15 is 0 Å². The highest BCUT2D eigenvalue weighted by atomic mass is 16.5. The van der Waals surface area contributed by atoms with E-state index in [-0.39, 0.29) is 5.97 Å².